The lowest BCUT2D eigenvalue weighted by Gasteiger charge is -2.21. The van der Waals surface area contributed by atoms with Crippen LogP contribution in [0, 0.1) is 13.8 Å². The molecule has 2 heterocycles. The Morgan fingerprint density at radius 1 is 1.14 bits per heavy atom. The van der Waals surface area contributed by atoms with Crippen LogP contribution in [0.3, 0.4) is 0 Å². The molecule has 7 heteroatoms. The van der Waals surface area contributed by atoms with Gasteiger partial charge in [-0.15, -0.1) is 22.7 Å². The van der Waals surface area contributed by atoms with Crippen LogP contribution in [0.4, 0.5) is 5.69 Å². The van der Waals surface area contributed by atoms with Crippen LogP contribution in [0.15, 0.2) is 41.8 Å². The molecule has 0 atom stereocenters. The molecular formula is C21H23N3O2S2. The van der Waals surface area contributed by atoms with Gasteiger partial charge in [-0.2, -0.15) is 0 Å². The van der Waals surface area contributed by atoms with Gasteiger partial charge in [-0.3, -0.25) is 9.59 Å². The Labute approximate surface area is 173 Å². The number of benzene rings is 1. The second-order valence-electron chi connectivity index (χ2n) is 6.50. The Morgan fingerprint density at radius 3 is 2.61 bits per heavy atom. The van der Waals surface area contributed by atoms with Gasteiger partial charge in [0.25, 0.3) is 5.91 Å². The molecule has 1 N–H and O–H groups in total. The molecular weight excluding hydrogens is 390 g/mol. The lowest BCUT2D eigenvalue weighted by atomic mass is 10.2. The van der Waals surface area contributed by atoms with Crippen molar-refractivity contribution >= 4 is 40.2 Å². The Balaban J connectivity index is 1.75. The summed E-state index contributed by atoms with van der Waals surface area (Å²) in [6, 6.07) is 11.6. The summed E-state index contributed by atoms with van der Waals surface area (Å²) in [5.74, 6) is -0.337. The van der Waals surface area contributed by atoms with Crippen LogP contribution in [-0.4, -0.2) is 34.8 Å². The maximum Gasteiger partial charge on any atom is 0.266 e. The largest absolute Gasteiger partial charge is 0.329 e. The fourth-order valence-corrected chi connectivity index (χ4v) is 4.67. The van der Waals surface area contributed by atoms with Crippen LogP contribution in [0.1, 0.15) is 34.3 Å². The second kappa shape index (κ2) is 9.12. The van der Waals surface area contributed by atoms with E-state index < -0.39 is 0 Å². The number of aromatic nitrogens is 1. The average molecular weight is 414 g/mol. The van der Waals surface area contributed by atoms with Crippen LogP contribution in [-0.2, 0) is 4.79 Å². The number of aryl methyl sites for hydroxylation is 2. The Kier molecular flexibility index (Phi) is 6.59. The first-order valence-electron chi connectivity index (χ1n) is 9.15. The molecule has 3 rings (SSSR count). The number of carbonyl (C=O) groups is 2. The average Bonchev–Trinajstić information content (AvgIpc) is 3.32. The monoisotopic (exact) mass is 413 g/mol. The maximum absolute atomic E-state index is 13.1. The summed E-state index contributed by atoms with van der Waals surface area (Å²) < 4.78 is 0. The number of rotatable bonds is 7. The van der Waals surface area contributed by atoms with E-state index in [2.05, 4.69) is 10.3 Å². The van der Waals surface area contributed by atoms with Crippen LogP contribution in [0.2, 0.25) is 0 Å². The molecule has 0 radical (unpaired) electrons. The predicted molar refractivity (Wildman–Crippen MR) is 116 cm³/mol. The molecule has 0 unspecified atom stereocenters. The number of para-hydroxylation sites is 1. The van der Waals surface area contributed by atoms with Crippen molar-refractivity contribution in [2.75, 3.05) is 18.4 Å². The van der Waals surface area contributed by atoms with E-state index in [0.29, 0.717) is 17.1 Å². The quantitative estimate of drug-likeness (QED) is 0.594. The normalized spacial score (nSPS) is 10.7. The number of thiazole rings is 1. The van der Waals surface area contributed by atoms with Crippen molar-refractivity contribution in [2.45, 2.75) is 27.2 Å². The molecule has 0 spiro atoms. The molecule has 0 aliphatic carbocycles. The summed E-state index contributed by atoms with van der Waals surface area (Å²) in [7, 11) is 0. The van der Waals surface area contributed by atoms with Crippen LogP contribution < -0.4 is 5.32 Å². The van der Waals surface area contributed by atoms with Gasteiger partial charge in [0.1, 0.15) is 16.4 Å². The van der Waals surface area contributed by atoms with Gasteiger partial charge in [0.2, 0.25) is 5.91 Å². The number of hydrogen-bond acceptors (Lipinski definition) is 5. The SMILES string of the molecule is CCCN(CC(=O)Nc1ccccc1C)C(=O)c1sc(-c2cccs2)nc1C. The van der Waals surface area contributed by atoms with Crippen molar-refractivity contribution in [2.24, 2.45) is 0 Å². The molecule has 5 nitrogen and oxygen atoms in total. The minimum absolute atomic E-state index is 0.0205. The first-order chi connectivity index (χ1) is 13.5. The van der Waals surface area contributed by atoms with Gasteiger partial charge >= 0.3 is 0 Å². The van der Waals surface area contributed by atoms with Crippen molar-refractivity contribution < 1.29 is 9.59 Å². The molecule has 0 saturated carbocycles. The molecule has 28 heavy (non-hydrogen) atoms. The highest BCUT2D eigenvalue weighted by molar-refractivity contribution is 7.22. The van der Waals surface area contributed by atoms with Crippen molar-refractivity contribution in [1.82, 2.24) is 9.88 Å². The molecule has 0 saturated heterocycles. The molecule has 0 aliphatic heterocycles. The number of anilines is 1. The lowest BCUT2D eigenvalue weighted by molar-refractivity contribution is -0.116. The summed E-state index contributed by atoms with van der Waals surface area (Å²) in [5, 5.41) is 5.74. The van der Waals surface area contributed by atoms with E-state index in [9.17, 15) is 9.59 Å². The van der Waals surface area contributed by atoms with Gasteiger partial charge in [0.05, 0.1) is 10.6 Å². The molecule has 2 amide bonds. The standard InChI is InChI=1S/C21H23N3O2S2/c1-4-11-24(13-18(25)23-16-9-6-5-8-14(16)2)21(26)19-15(3)22-20(28-19)17-10-7-12-27-17/h5-10,12H,4,11,13H2,1-3H3,(H,23,25). The van der Waals surface area contributed by atoms with E-state index in [1.54, 1.807) is 16.2 Å². The van der Waals surface area contributed by atoms with Gasteiger partial charge in [-0.05, 0) is 43.3 Å². The van der Waals surface area contributed by atoms with Crippen molar-refractivity contribution in [1.29, 1.82) is 0 Å². The smallest absolute Gasteiger partial charge is 0.266 e. The fraction of sp³-hybridized carbons (Fsp3) is 0.286. The highest BCUT2D eigenvalue weighted by Gasteiger charge is 2.23. The zero-order valence-corrected chi connectivity index (χ0v) is 17.8. The predicted octanol–water partition coefficient (Wildman–Crippen LogP) is 4.98. The number of nitrogens with zero attached hydrogens (tertiary/aromatic N) is 2. The van der Waals surface area contributed by atoms with Gasteiger partial charge in [0, 0.05) is 12.2 Å². The third-order valence-corrected chi connectivity index (χ3v) is 6.44. The van der Waals surface area contributed by atoms with E-state index in [0.717, 1.165) is 27.6 Å². The number of nitrogens with one attached hydrogen (secondary N) is 1. The Morgan fingerprint density at radius 2 is 1.93 bits per heavy atom. The Hall–Kier alpha value is -2.51. The van der Waals surface area contributed by atoms with Crippen molar-refractivity contribution in [3.05, 3.63) is 57.9 Å². The summed E-state index contributed by atoms with van der Waals surface area (Å²) >= 11 is 2.99. The first-order valence-corrected chi connectivity index (χ1v) is 10.8. The third-order valence-electron chi connectivity index (χ3n) is 4.26. The highest BCUT2D eigenvalue weighted by atomic mass is 32.1. The van der Waals surface area contributed by atoms with Gasteiger partial charge in [-0.1, -0.05) is 31.2 Å². The molecule has 0 bridgehead atoms. The van der Waals surface area contributed by atoms with Crippen LogP contribution in [0.25, 0.3) is 9.88 Å². The zero-order chi connectivity index (χ0) is 20.1. The molecule has 146 valence electrons. The van der Waals surface area contributed by atoms with Gasteiger partial charge in [0.15, 0.2) is 0 Å². The minimum atomic E-state index is -0.197. The summed E-state index contributed by atoms with van der Waals surface area (Å²) in [4.78, 5) is 33.5. The number of thiophene rings is 1. The molecule has 0 aliphatic rings. The van der Waals surface area contributed by atoms with Gasteiger partial charge < -0.3 is 10.2 Å². The highest BCUT2D eigenvalue weighted by Crippen LogP contribution is 2.31. The van der Waals surface area contributed by atoms with E-state index in [1.807, 2.05) is 62.5 Å². The van der Waals surface area contributed by atoms with E-state index >= 15 is 0 Å². The summed E-state index contributed by atoms with van der Waals surface area (Å²) in [5.41, 5.74) is 2.47. The maximum atomic E-state index is 13.1. The molecule has 3 aromatic rings. The fourth-order valence-electron chi connectivity index (χ4n) is 2.84. The van der Waals surface area contributed by atoms with Crippen LogP contribution in [0.5, 0.6) is 0 Å². The summed E-state index contributed by atoms with van der Waals surface area (Å²) in [6.45, 7) is 6.32. The number of carbonyl (C=O) groups excluding carboxylic acids is 2. The molecule has 0 fully saturated rings. The van der Waals surface area contributed by atoms with E-state index in [1.165, 1.54) is 11.3 Å². The summed E-state index contributed by atoms with van der Waals surface area (Å²) in [6.07, 6.45) is 0.777. The minimum Gasteiger partial charge on any atom is -0.329 e. The third kappa shape index (κ3) is 4.66. The number of amides is 2. The van der Waals surface area contributed by atoms with Crippen molar-refractivity contribution in [3.8, 4) is 9.88 Å². The van der Waals surface area contributed by atoms with E-state index in [-0.39, 0.29) is 18.4 Å². The topological polar surface area (TPSA) is 62.3 Å². The van der Waals surface area contributed by atoms with Gasteiger partial charge in [-0.25, -0.2) is 4.98 Å². The first kappa shape index (κ1) is 20.2. The van der Waals surface area contributed by atoms with Crippen LogP contribution >= 0.6 is 22.7 Å². The molecule has 1 aromatic carbocycles. The van der Waals surface area contributed by atoms with E-state index in [4.69, 9.17) is 0 Å². The Bertz CT molecular complexity index is 964. The van der Waals surface area contributed by atoms with Crippen molar-refractivity contribution in [3.63, 3.8) is 0 Å². The lowest BCUT2D eigenvalue weighted by Crippen LogP contribution is -2.38. The zero-order valence-electron chi connectivity index (χ0n) is 16.2. The second-order valence-corrected chi connectivity index (χ2v) is 8.45. The molecule has 2 aromatic heterocycles. The number of hydrogen-bond donors (Lipinski definition) is 1.